The summed E-state index contributed by atoms with van der Waals surface area (Å²) in [5.74, 6) is -2.16. The number of hydrogen-bond donors (Lipinski definition) is 0. The van der Waals surface area contributed by atoms with Gasteiger partial charge >= 0.3 is 6.18 Å². The fourth-order valence-corrected chi connectivity index (χ4v) is 4.63. The molecule has 0 aromatic carbocycles. The van der Waals surface area contributed by atoms with Gasteiger partial charge in [0, 0.05) is 26.1 Å². The summed E-state index contributed by atoms with van der Waals surface area (Å²) in [4.78, 5) is 25.7. The second kappa shape index (κ2) is 5.71. The summed E-state index contributed by atoms with van der Waals surface area (Å²) in [6, 6.07) is -0.468. The zero-order valence-corrected chi connectivity index (χ0v) is 12.8. The van der Waals surface area contributed by atoms with E-state index in [0.29, 0.717) is 11.3 Å². The molecule has 2 atom stereocenters. The lowest BCUT2D eigenvalue weighted by molar-refractivity contribution is -0.157. The monoisotopic (exact) mass is 342 g/mol. The van der Waals surface area contributed by atoms with Crippen LogP contribution in [0.2, 0.25) is 0 Å². The van der Waals surface area contributed by atoms with Crippen molar-refractivity contribution >= 4 is 21.7 Å². The van der Waals surface area contributed by atoms with E-state index in [2.05, 4.69) is 0 Å². The molecule has 0 saturated carbocycles. The van der Waals surface area contributed by atoms with Crippen LogP contribution in [-0.4, -0.2) is 73.9 Å². The molecule has 2 aliphatic rings. The van der Waals surface area contributed by atoms with Gasteiger partial charge in [-0.2, -0.15) is 13.2 Å². The zero-order valence-electron chi connectivity index (χ0n) is 12.0. The lowest BCUT2D eigenvalue weighted by atomic mass is 10.1. The number of carbonyl (C=O) groups excluding carboxylic acids is 2. The third-order valence-corrected chi connectivity index (χ3v) is 5.79. The van der Waals surface area contributed by atoms with E-state index in [1.807, 2.05) is 0 Å². The molecule has 2 heterocycles. The van der Waals surface area contributed by atoms with Crippen molar-refractivity contribution in [2.75, 3.05) is 31.6 Å². The lowest BCUT2D eigenvalue weighted by Crippen LogP contribution is -2.42. The first-order valence-corrected chi connectivity index (χ1v) is 8.62. The van der Waals surface area contributed by atoms with Crippen molar-refractivity contribution in [3.8, 4) is 0 Å². The van der Waals surface area contributed by atoms with Gasteiger partial charge in [0.2, 0.25) is 11.8 Å². The number of likely N-dealkylation sites (tertiary alicyclic amines) is 1. The molecule has 6 nitrogen and oxygen atoms in total. The van der Waals surface area contributed by atoms with E-state index in [-0.39, 0.29) is 24.5 Å². The summed E-state index contributed by atoms with van der Waals surface area (Å²) in [6.45, 7) is -1.64. The Kier molecular flexibility index (Phi) is 4.42. The highest BCUT2D eigenvalue weighted by molar-refractivity contribution is 7.91. The fourth-order valence-electron chi connectivity index (χ4n) is 2.86. The highest BCUT2D eigenvalue weighted by Gasteiger charge is 2.43. The summed E-state index contributed by atoms with van der Waals surface area (Å²) < 4.78 is 59.9. The molecule has 22 heavy (non-hydrogen) atoms. The number of alkyl halides is 3. The van der Waals surface area contributed by atoms with Crippen LogP contribution in [0.1, 0.15) is 12.8 Å². The maximum Gasteiger partial charge on any atom is 0.406 e. The molecule has 0 radical (unpaired) electrons. The Morgan fingerprint density at radius 2 is 2.05 bits per heavy atom. The van der Waals surface area contributed by atoms with Crippen molar-refractivity contribution in [1.29, 1.82) is 0 Å². The first-order valence-electron chi connectivity index (χ1n) is 6.80. The molecule has 0 aliphatic carbocycles. The molecule has 0 aromatic rings. The summed E-state index contributed by atoms with van der Waals surface area (Å²) in [6.07, 6.45) is -4.45. The van der Waals surface area contributed by atoms with Gasteiger partial charge in [-0.25, -0.2) is 8.42 Å². The first kappa shape index (κ1) is 17.0. The number of nitrogens with zero attached hydrogens (tertiary/aromatic N) is 2. The molecule has 126 valence electrons. The molecule has 2 rings (SSSR count). The molecular formula is C12H17F3N2O4S. The maximum absolute atomic E-state index is 12.3. The largest absolute Gasteiger partial charge is 0.406 e. The van der Waals surface area contributed by atoms with Crippen molar-refractivity contribution in [1.82, 2.24) is 9.80 Å². The Balaban J connectivity index is 1.98. The number of rotatable bonds is 3. The number of carbonyl (C=O) groups is 2. The first-order chi connectivity index (χ1) is 9.98. The number of sulfone groups is 1. The van der Waals surface area contributed by atoms with Gasteiger partial charge in [0.1, 0.15) is 6.54 Å². The highest BCUT2D eigenvalue weighted by Crippen LogP contribution is 2.26. The highest BCUT2D eigenvalue weighted by atomic mass is 32.2. The normalized spacial score (nSPS) is 28.2. The second-order valence-electron chi connectivity index (χ2n) is 5.80. The SMILES string of the molecule is CN(C(=O)C1CC(=O)N(CC(F)(F)F)C1)C1CCS(=O)(=O)C1. The molecule has 0 bridgehead atoms. The zero-order chi connectivity index (χ0) is 16.7. The van der Waals surface area contributed by atoms with E-state index in [1.54, 1.807) is 0 Å². The topological polar surface area (TPSA) is 74.8 Å². The molecule has 10 heteroatoms. The van der Waals surface area contributed by atoms with Crippen LogP contribution in [-0.2, 0) is 19.4 Å². The fraction of sp³-hybridized carbons (Fsp3) is 0.833. The summed E-state index contributed by atoms with van der Waals surface area (Å²) in [5, 5.41) is 0. The van der Waals surface area contributed by atoms with Gasteiger partial charge < -0.3 is 9.80 Å². The van der Waals surface area contributed by atoms with E-state index >= 15 is 0 Å². The van der Waals surface area contributed by atoms with E-state index in [9.17, 15) is 31.2 Å². The standard InChI is InChI=1S/C12H17F3N2O4S/c1-16(9-2-3-22(20,21)6-9)11(19)8-4-10(18)17(5-8)7-12(13,14)15/h8-9H,2-7H2,1H3. The average Bonchev–Trinajstić information content (AvgIpc) is 2.89. The van der Waals surface area contributed by atoms with Gasteiger partial charge in [0.05, 0.1) is 17.4 Å². The van der Waals surface area contributed by atoms with Crippen LogP contribution in [0.25, 0.3) is 0 Å². The van der Waals surface area contributed by atoms with Crippen molar-refractivity contribution in [2.45, 2.75) is 25.1 Å². The van der Waals surface area contributed by atoms with Crippen LogP contribution in [0.15, 0.2) is 0 Å². The minimum absolute atomic E-state index is 0.000910. The van der Waals surface area contributed by atoms with Gasteiger partial charge in [-0.1, -0.05) is 0 Å². The molecular weight excluding hydrogens is 325 g/mol. The van der Waals surface area contributed by atoms with Crippen molar-refractivity contribution < 1.29 is 31.2 Å². The molecule has 0 N–H and O–H groups in total. The molecule has 2 fully saturated rings. The Hall–Kier alpha value is -1.32. The Labute approximate surface area is 126 Å². The van der Waals surface area contributed by atoms with Gasteiger partial charge in [-0.15, -0.1) is 0 Å². The lowest BCUT2D eigenvalue weighted by Gasteiger charge is -2.26. The van der Waals surface area contributed by atoms with Gasteiger partial charge in [0.25, 0.3) is 0 Å². The number of amides is 2. The second-order valence-corrected chi connectivity index (χ2v) is 8.03. The quantitative estimate of drug-likeness (QED) is 0.726. The van der Waals surface area contributed by atoms with Crippen LogP contribution in [0.3, 0.4) is 0 Å². The van der Waals surface area contributed by atoms with Crippen molar-refractivity contribution in [3.05, 3.63) is 0 Å². The van der Waals surface area contributed by atoms with Crippen LogP contribution in [0.4, 0.5) is 13.2 Å². The smallest absolute Gasteiger partial charge is 0.341 e. The van der Waals surface area contributed by atoms with Crippen LogP contribution in [0, 0.1) is 5.92 Å². The predicted octanol–water partition coefficient (Wildman–Crippen LogP) is 0.0427. The number of hydrogen-bond acceptors (Lipinski definition) is 4. The van der Waals surface area contributed by atoms with Gasteiger partial charge in [0.15, 0.2) is 9.84 Å². The predicted molar refractivity (Wildman–Crippen MR) is 70.6 cm³/mol. The van der Waals surface area contributed by atoms with Crippen molar-refractivity contribution in [3.63, 3.8) is 0 Å². The Morgan fingerprint density at radius 3 is 2.55 bits per heavy atom. The summed E-state index contributed by atoms with van der Waals surface area (Å²) in [7, 11) is -1.73. The van der Waals surface area contributed by atoms with E-state index < -0.39 is 46.3 Å². The van der Waals surface area contributed by atoms with E-state index in [0.717, 1.165) is 0 Å². The Bertz CT molecular complexity index is 575. The molecule has 2 saturated heterocycles. The molecule has 2 amide bonds. The van der Waals surface area contributed by atoms with Crippen LogP contribution >= 0.6 is 0 Å². The van der Waals surface area contributed by atoms with Gasteiger partial charge in [-0.3, -0.25) is 9.59 Å². The van der Waals surface area contributed by atoms with Crippen LogP contribution in [0.5, 0.6) is 0 Å². The maximum atomic E-state index is 12.3. The van der Waals surface area contributed by atoms with E-state index in [4.69, 9.17) is 0 Å². The average molecular weight is 342 g/mol. The van der Waals surface area contributed by atoms with Crippen molar-refractivity contribution in [2.24, 2.45) is 5.92 Å². The minimum atomic E-state index is -4.50. The molecule has 0 spiro atoms. The summed E-state index contributed by atoms with van der Waals surface area (Å²) >= 11 is 0. The molecule has 2 aliphatic heterocycles. The van der Waals surface area contributed by atoms with E-state index in [1.165, 1.54) is 11.9 Å². The number of halogens is 3. The summed E-state index contributed by atoms with van der Waals surface area (Å²) in [5.41, 5.74) is 0. The molecule has 0 aromatic heterocycles. The third-order valence-electron chi connectivity index (χ3n) is 4.04. The third kappa shape index (κ3) is 3.90. The Morgan fingerprint density at radius 1 is 1.41 bits per heavy atom. The minimum Gasteiger partial charge on any atom is -0.341 e. The molecule has 2 unspecified atom stereocenters. The van der Waals surface area contributed by atoms with Crippen LogP contribution < -0.4 is 0 Å². The van der Waals surface area contributed by atoms with Gasteiger partial charge in [-0.05, 0) is 6.42 Å².